The van der Waals surface area contributed by atoms with Crippen LogP contribution >= 0.6 is 15.9 Å². The van der Waals surface area contributed by atoms with Gasteiger partial charge in [-0.1, -0.05) is 18.2 Å². The van der Waals surface area contributed by atoms with Gasteiger partial charge in [-0.3, -0.25) is 10.1 Å². The molecule has 3 N–H and O–H groups in total. The summed E-state index contributed by atoms with van der Waals surface area (Å²) in [7, 11) is 0. The molecule has 1 saturated heterocycles. The number of aromatic hydroxyl groups is 1. The van der Waals surface area contributed by atoms with Gasteiger partial charge in [-0.05, 0) is 28.1 Å². The van der Waals surface area contributed by atoms with Gasteiger partial charge in [0, 0.05) is 36.5 Å². The van der Waals surface area contributed by atoms with E-state index in [1.165, 1.54) is 18.3 Å². The van der Waals surface area contributed by atoms with Crippen LogP contribution in [0.5, 0.6) is 5.75 Å². The topological polar surface area (TPSA) is 151 Å². The number of non-ortho nitro benzene ring substituents is 1. The summed E-state index contributed by atoms with van der Waals surface area (Å²) in [6.45, 7) is 2.39. The molecule has 0 unspecified atom stereocenters. The van der Waals surface area contributed by atoms with E-state index in [2.05, 4.69) is 46.7 Å². The van der Waals surface area contributed by atoms with E-state index in [9.17, 15) is 15.2 Å². The molecule has 170 valence electrons. The van der Waals surface area contributed by atoms with Gasteiger partial charge in [-0.15, -0.1) is 0 Å². The summed E-state index contributed by atoms with van der Waals surface area (Å²) in [6.07, 6.45) is 1.25. The number of halogens is 1. The Kier molecular flexibility index (Phi) is 6.90. The van der Waals surface area contributed by atoms with Gasteiger partial charge in [-0.2, -0.15) is 20.1 Å². The van der Waals surface area contributed by atoms with Crippen molar-refractivity contribution < 1.29 is 14.8 Å². The van der Waals surface area contributed by atoms with Crippen LogP contribution in [0.3, 0.4) is 0 Å². The molecule has 4 rings (SSSR count). The van der Waals surface area contributed by atoms with Crippen molar-refractivity contribution in [2.45, 2.75) is 0 Å². The summed E-state index contributed by atoms with van der Waals surface area (Å²) >= 11 is 3.10. The average molecular weight is 515 g/mol. The second-order valence-corrected chi connectivity index (χ2v) is 7.72. The molecule has 0 saturated carbocycles. The van der Waals surface area contributed by atoms with E-state index >= 15 is 0 Å². The molecule has 33 heavy (non-hydrogen) atoms. The fourth-order valence-electron chi connectivity index (χ4n) is 2.99. The molecule has 2 aromatic carbocycles. The van der Waals surface area contributed by atoms with Crippen molar-refractivity contribution in [2.24, 2.45) is 5.10 Å². The Bertz CT molecular complexity index is 1170. The highest BCUT2D eigenvalue weighted by atomic mass is 79.9. The molecule has 12 nitrogen and oxygen atoms in total. The number of hydrogen-bond donors (Lipinski definition) is 3. The predicted octanol–water partition coefficient (Wildman–Crippen LogP) is 3.27. The van der Waals surface area contributed by atoms with Gasteiger partial charge in [-0.25, -0.2) is 5.43 Å². The zero-order valence-corrected chi connectivity index (χ0v) is 18.8. The van der Waals surface area contributed by atoms with Gasteiger partial charge in [0.05, 0.1) is 28.8 Å². The zero-order valence-electron chi connectivity index (χ0n) is 17.2. The smallest absolute Gasteiger partial charge is 0.271 e. The molecule has 1 aromatic heterocycles. The molecule has 0 aliphatic carbocycles. The number of anilines is 4. The third kappa shape index (κ3) is 5.70. The quantitative estimate of drug-likeness (QED) is 0.243. The lowest BCUT2D eigenvalue weighted by atomic mass is 10.2. The van der Waals surface area contributed by atoms with E-state index in [0.29, 0.717) is 38.2 Å². The second kappa shape index (κ2) is 10.2. The van der Waals surface area contributed by atoms with Gasteiger partial charge in [0.1, 0.15) is 5.75 Å². The van der Waals surface area contributed by atoms with Crippen LogP contribution in [0, 0.1) is 10.1 Å². The van der Waals surface area contributed by atoms with Crippen LogP contribution < -0.4 is 15.6 Å². The molecule has 0 amide bonds. The second-order valence-electron chi connectivity index (χ2n) is 6.87. The van der Waals surface area contributed by atoms with Crippen LogP contribution in [-0.4, -0.2) is 57.5 Å². The van der Waals surface area contributed by atoms with Crippen LogP contribution in [0.4, 0.5) is 29.2 Å². The van der Waals surface area contributed by atoms with E-state index < -0.39 is 4.92 Å². The number of ether oxygens (including phenoxy) is 1. The Labute approximate surface area is 196 Å². The summed E-state index contributed by atoms with van der Waals surface area (Å²) in [5.74, 6) is 0.745. The number of rotatable bonds is 7. The monoisotopic (exact) mass is 514 g/mol. The first-order valence-electron chi connectivity index (χ1n) is 9.86. The number of phenols is 1. The van der Waals surface area contributed by atoms with E-state index in [4.69, 9.17) is 4.74 Å². The van der Waals surface area contributed by atoms with Crippen LogP contribution in [0.2, 0.25) is 0 Å². The summed E-state index contributed by atoms with van der Waals surface area (Å²) in [6, 6.07) is 11.9. The van der Waals surface area contributed by atoms with Crippen molar-refractivity contribution in [2.75, 3.05) is 41.9 Å². The molecular formula is C20H19BrN8O4. The number of hydrogen-bond acceptors (Lipinski definition) is 11. The van der Waals surface area contributed by atoms with Crippen molar-refractivity contribution in [1.29, 1.82) is 0 Å². The minimum Gasteiger partial charge on any atom is -0.506 e. The molecule has 1 aliphatic rings. The number of nitrogens with one attached hydrogen (secondary N) is 2. The van der Waals surface area contributed by atoms with Gasteiger partial charge in [0.25, 0.3) is 5.69 Å². The highest BCUT2D eigenvalue weighted by molar-refractivity contribution is 9.10. The molecule has 0 radical (unpaired) electrons. The van der Waals surface area contributed by atoms with Crippen molar-refractivity contribution in [3.63, 3.8) is 0 Å². The minimum atomic E-state index is -0.558. The van der Waals surface area contributed by atoms with Crippen molar-refractivity contribution >= 4 is 51.4 Å². The van der Waals surface area contributed by atoms with Crippen LogP contribution in [-0.2, 0) is 4.74 Å². The van der Waals surface area contributed by atoms with E-state index in [1.807, 2.05) is 35.2 Å². The molecule has 1 fully saturated rings. The Morgan fingerprint density at radius 1 is 1.15 bits per heavy atom. The SMILES string of the molecule is O=[N+]([O-])c1cc(Br)c(O)c(/C=N\Nc2nc(Nc3ccccc3)nc(N3CCOCC3)n2)c1. The summed E-state index contributed by atoms with van der Waals surface area (Å²) in [5, 5.41) is 28.4. The first kappa shape index (κ1) is 22.4. The lowest BCUT2D eigenvalue weighted by Crippen LogP contribution is -2.37. The molecule has 0 spiro atoms. The van der Waals surface area contributed by atoms with Gasteiger partial charge in [0.2, 0.25) is 17.8 Å². The van der Waals surface area contributed by atoms with Gasteiger partial charge >= 0.3 is 0 Å². The third-order valence-electron chi connectivity index (χ3n) is 4.60. The fraction of sp³-hybridized carbons (Fsp3) is 0.200. The number of nitro benzene ring substituents is 1. The lowest BCUT2D eigenvalue weighted by molar-refractivity contribution is -0.385. The predicted molar refractivity (Wildman–Crippen MR) is 126 cm³/mol. The molecule has 13 heteroatoms. The summed E-state index contributed by atoms with van der Waals surface area (Å²) in [5.41, 5.74) is 3.47. The first-order chi connectivity index (χ1) is 16.0. The van der Waals surface area contributed by atoms with Crippen LogP contribution in [0.25, 0.3) is 0 Å². The fourth-order valence-corrected chi connectivity index (χ4v) is 3.46. The Balaban J connectivity index is 1.60. The standard InChI is InChI=1S/C20H19BrN8O4/c21-16-11-15(29(31)32)10-13(17(16)30)12-22-27-19-24-18(23-14-4-2-1-3-5-14)25-20(26-19)28-6-8-33-9-7-28/h1-5,10-12,30H,6-9H2,(H2,23,24,25,26,27)/b22-12-. The highest BCUT2D eigenvalue weighted by Gasteiger charge is 2.17. The van der Waals surface area contributed by atoms with E-state index in [1.54, 1.807) is 0 Å². The number of nitrogens with zero attached hydrogens (tertiary/aromatic N) is 6. The number of hydrazone groups is 1. The van der Waals surface area contributed by atoms with Gasteiger partial charge < -0.3 is 20.1 Å². The Hall–Kier alpha value is -3.84. The molecular weight excluding hydrogens is 496 g/mol. The van der Waals surface area contributed by atoms with E-state index in [0.717, 1.165) is 5.69 Å². The number of morpholine rings is 1. The van der Waals surface area contributed by atoms with Crippen LogP contribution in [0.15, 0.2) is 52.0 Å². The normalized spacial score (nSPS) is 13.8. The number of aromatic nitrogens is 3. The van der Waals surface area contributed by atoms with Crippen molar-refractivity contribution in [3.05, 3.63) is 62.6 Å². The Morgan fingerprint density at radius 2 is 1.88 bits per heavy atom. The summed E-state index contributed by atoms with van der Waals surface area (Å²) < 4.78 is 5.58. The van der Waals surface area contributed by atoms with Crippen molar-refractivity contribution in [3.8, 4) is 5.75 Å². The number of nitro groups is 1. The number of para-hydroxylation sites is 1. The largest absolute Gasteiger partial charge is 0.506 e. The maximum Gasteiger partial charge on any atom is 0.271 e. The van der Waals surface area contributed by atoms with E-state index in [-0.39, 0.29) is 27.4 Å². The minimum absolute atomic E-state index is 0.147. The molecule has 0 atom stereocenters. The Morgan fingerprint density at radius 3 is 2.61 bits per heavy atom. The van der Waals surface area contributed by atoms with Gasteiger partial charge in [0.15, 0.2) is 0 Å². The molecule has 1 aliphatic heterocycles. The maximum atomic E-state index is 11.1. The number of phenolic OH excluding ortho intramolecular Hbond substituents is 1. The molecule has 2 heterocycles. The first-order valence-corrected chi connectivity index (χ1v) is 10.7. The van der Waals surface area contributed by atoms with Crippen molar-refractivity contribution in [1.82, 2.24) is 15.0 Å². The average Bonchev–Trinajstić information content (AvgIpc) is 2.82. The summed E-state index contributed by atoms with van der Waals surface area (Å²) in [4.78, 5) is 25.8. The number of benzene rings is 2. The molecule has 0 bridgehead atoms. The van der Waals surface area contributed by atoms with Crippen LogP contribution in [0.1, 0.15) is 5.56 Å². The molecule has 3 aromatic rings. The highest BCUT2D eigenvalue weighted by Crippen LogP contribution is 2.31. The maximum absolute atomic E-state index is 11.1. The zero-order chi connectivity index (χ0) is 23.2. The third-order valence-corrected chi connectivity index (χ3v) is 5.21. The lowest BCUT2D eigenvalue weighted by Gasteiger charge is -2.27.